The molecule has 7 heteroatoms. The maximum Gasteiger partial charge on any atom is 0.249 e. The van der Waals surface area contributed by atoms with E-state index >= 15 is 0 Å². The number of nitriles is 1. The van der Waals surface area contributed by atoms with Gasteiger partial charge in [-0.15, -0.1) is 0 Å². The Kier molecular flexibility index (Phi) is 5.25. The normalized spacial score (nSPS) is 12.4. The van der Waals surface area contributed by atoms with E-state index in [1.807, 2.05) is 54.6 Å². The molecule has 1 heterocycles. The van der Waals surface area contributed by atoms with Gasteiger partial charge in [-0.3, -0.25) is 9.59 Å². The van der Waals surface area contributed by atoms with Gasteiger partial charge >= 0.3 is 0 Å². The van der Waals surface area contributed by atoms with Crippen LogP contribution in [0.4, 0.5) is 5.69 Å². The zero-order valence-corrected chi connectivity index (χ0v) is 18.1. The van der Waals surface area contributed by atoms with Crippen molar-refractivity contribution in [1.29, 1.82) is 5.26 Å². The lowest BCUT2D eigenvalue weighted by molar-refractivity contribution is -0.117. The number of hydrogen-bond donors (Lipinski definition) is 1. The molecule has 1 unspecified atom stereocenters. The summed E-state index contributed by atoms with van der Waals surface area (Å²) < 4.78 is 1.69. The lowest BCUT2D eigenvalue weighted by atomic mass is 9.98. The first kappa shape index (κ1) is 20.7. The van der Waals surface area contributed by atoms with Crippen molar-refractivity contribution in [2.45, 2.75) is 6.42 Å². The Morgan fingerprint density at radius 3 is 2.36 bits per heavy atom. The van der Waals surface area contributed by atoms with E-state index in [4.69, 9.17) is 11.6 Å². The van der Waals surface area contributed by atoms with Crippen LogP contribution in [-0.2, 0) is 11.2 Å². The van der Waals surface area contributed by atoms with Gasteiger partial charge in [0.15, 0.2) is 5.92 Å². The Morgan fingerprint density at radius 1 is 0.970 bits per heavy atom. The van der Waals surface area contributed by atoms with E-state index in [0.29, 0.717) is 22.7 Å². The van der Waals surface area contributed by atoms with E-state index in [9.17, 15) is 14.9 Å². The van der Waals surface area contributed by atoms with Gasteiger partial charge < -0.3 is 5.32 Å². The molecular formula is C26H17ClN4O2. The average Bonchev–Trinajstić information content (AvgIpc) is 3.39. The lowest BCUT2D eigenvalue weighted by Gasteiger charge is -2.10. The van der Waals surface area contributed by atoms with Crippen LogP contribution in [0.2, 0.25) is 5.02 Å². The first-order valence-electron chi connectivity index (χ1n) is 10.3. The van der Waals surface area contributed by atoms with E-state index in [-0.39, 0.29) is 5.69 Å². The number of nitrogens with one attached hydrogen (secondary N) is 1. The number of aromatic nitrogens is 2. The van der Waals surface area contributed by atoms with Crippen LogP contribution in [0.15, 0.2) is 78.9 Å². The first-order valence-corrected chi connectivity index (χ1v) is 10.7. The van der Waals surface area contributed by atoms with Crippen molar-refractivity contribution in [3.63, 3.8) is 0 Å². The van der Waals surface area contributed by atoms with Crippen molar-refractivity contribution < 1.29 is 9.59 Å². The molecule has 33 heavy (non-hydrogen) atoms. The number of amides is 1. The number of ketones is 1. The third kappa shape index (κ3) is 3.59. The predicted octanol–water partition coefficient (Wildman–Crippen LogP) is 5.06. The molecule has 1 amide bonds. The summed E-state index contributed by atoms with van der Waals surface area (Å²) in [5, 5.41) is 17.5. The summed E-state index contributed by atoms with van der Waals surface area (Å²) in [4.78, 5) is 26.3. The Hall–Kier alpha value is -4.21. The highest BCUT2D eigenvalue weighted by molar-refractivity contribution is 6.32. The number of para-hydroxylation sites is 2. The maximum absolute atomic E-state index is 13.5. The summed E-state index contributed by atoms with van der Waals surface area (Å²) in [6, 6.07) is 25.6. The number of carbonyl (C=O) groups is 2. The number of nitrogens with zero attached hydrogens (tertiary/aromatic N) is 3. The predicted molar refractivity (Wildman–Crippen MR) is 125 cm³/mol. The van der Waals surface area contributed by atoms with Gasteiger partial charge in [0.1, 0.15) is 5.69 Å². The second-order valence-corrected chi connectivity index (χ2v) is 8.05. The van der Waals surface area contributed by atoms with Crippen molar-refractivity contribution in [1.82, 2.24) is 9.78 Å². The second kappa shape index (κ2) is 8.38. The highest BCUT2D eigenvalue weighted by Crippen LogP contribution is 2.43. The molecule has 5 rings (SSSR count). The molecule has 0 aliphatic heterocycles. The molecule has 4 aromatic rings. The third-order valence-corrected chi connectivity index (χ3v) is 5.99. The Morgan fingerprint density at radius 2 is 1.67 bits per heavy atom. The average molecular weight is 453 g/mol. The molecule has 0 spiro atoms. The summed E-state index contributed by atoms with van der Waals surface area (Å²) >= 11 is 6.45. The van der Waals surface area contributed by atoms with E-state index in [0.717, 1.165) is 22.5 Å². The number of hydrogen-bond acceptors (Lipinski definition) is 4. The van der Waals surface area contributed by atoms with Gasteiger partial charge in [-0.05, 0) is 35.9 Å². The van der Waals surface area contributed by atoms with Crippen LogP contribution < -0.4 is 5.32 Å². The number of carbonyl (C=O) groups excluding carboxylic acids is 2. The van der Waals surface area contributed by atoms with Gasteiger partial charge in [0, 0.05) is 28.3 Å². The van der Waals surface area contributed by atoms with Crippen LogP contribution in [0.1, 0.15) is 21.6 Å². The second-order valence-electron chi connectivity index (χ2n) is 7.65. The van der Waals surface area contributed by atoms with Gasteiger partial charge in [-0.2, -0.15) is 10.4 Å². The van der Waals surface area contributed by atoms with Gasteiger partial charge in [0.25, 0.3) is 0 Å². The zero-order chi connectivity index (χ0) is 22.9. The molecule has 3 aromatic carbocycles. The van der Waals surface area contributed by atoms with Crippen LogP contribution in [0.25, 0.3) is 16.9 Å². The number of rotatable bonds is 5. The van der Waals surface area contributed by atoms with Gasteiger partial charge in [0.2, 0.25) is 11.7 Å². The minimum absolute atomic E-state index is 0.107. The van der Waals surface area contributed by atoms with E-state index in [1.165, 1.54) is 0 Å². The molecule has 160 valence electrons. The fourth-order valence-electron chi connectivity index (χ4n) is 4.09. The number of benzene rings is 3. The van der Waals surface area contributed by atoms with Gasteiger partial charge in [-0.25, -0.2) is 4.68 Å². The van der Waals surface area contributed by atoms with Crippen molar-refractivity contribution in [3.8, 4) is 23.0 Å². The molecule has 6 nitrogen and oxygen atoms in total. The number of halogens is 1. The molecule has 0 fully saturated rings. The number of fused-ring (bicyclic) bond motifs is 3. The minimum Gasteiger partial charge on any atom is -0.325 e. The standard InChI is InChI=1S/C26H17ClN4O2/c27-22-13-7-12-18-19(22)14-20-23(30-31(24(18)20)17-10-5-2-6-11-17)25(32)21(15-28)26(33)29-16-8-3-1-4-9-16/h1-13,21H,14H2,(H,29,33). The largest absolute Gasteiger partial charge is 0.325 e. The third-order valence-electron chi connectivity index (χ3n) is 5.64. The van der Waals surface area contributed by atoms with E-state index < -0.39 is 17.6 Å². The molecule has 0 radical (unpaired) electrons. The van der Waals surface area contributed by atoms with E-state index in [2.05, 4.69) is 10.4 Å². The molecule has 1 aromatic heterocycles. The van der Waals surface area contributed by atoms with Crippen LogP contribution in [0.5, 0.6) is 0 Å². The van der Waals surface area contributed by atoms with E-state index in [1.54, 1.807) is 35.0 Å². The van der Waals surface area contributed by atoms with Crippen LogP contribution >= 0.6 is 11.6 Å². The molecule has 1 atom stereocenters. The van der Waals surface area contributed by atoms with Crippen molar-refractivity contribution >= 4 is 29.0 Å². The van der Waals surface area contributed by atoms with Gasteiger partial charge in [0.05, 0.1) is 17.5 Å². The smallest absolute Gasteiger partial charge is 0.249 e. The summed E-state index contributed by atoms with van der Waals surface area (Å²) in [6.45, 7) is 0. The molecule has 0 saturated heterocycles. The Balaban J connectivity index is 1.59. The molecule has 1 aliphatic rings. The summed E-state index contributed by atoms with van der Waals surface area (Å²) in [5.41, 5.74) is 4.58. The maximum atomic E-state index is 13.5. The Labute approximate surface area is 195 Å². The van der Waals surface area contributed by atoms with Crippen LogP contribution in [0.3, 0.4) is 0 Å². The summed E-state index contributed by atoms with van der Waals surface area (Å²) in [5.74, 6) is -2.86. The van der Waals surface area contributed by atoms with Crippen molar-refractivity contribution in [2.75, 3.05) is 5.32 Å². The van der Waals surface area contributed by atoms with Crippen molar-refractivity contribution in [3.05, 3.63) is 101 Å². The fraction of sp³-hybridized carbons (Fsp3) is 0.0769. The SMILES string of the molecule is N#CC(C(=O)Nc1ccccc1)C(=O)c1nn(-c2ccccc2)c2c1Cc1c(Cl)cccc1-2. The molecule has 0 saturated carbocycles. The monoisotopic (exact) mass is 452 g/mol. The van der Waals surface area contributed by atoms with Crippen LogP contribution in [-0.4, -0.2) is 21.5 Å². The highest BCUT2D eigenvalue weighted by Gasteiger charge is 2.37. The quantitative estimate of drug-likeness (QED) is 0.298. The summed E-state index contributed by atoms with van der Waals surface area (Å²) in [6.07, 6.45) is 0.400. The number of anilines is 1. The lowest BCUT2D eigenvalue weighted by Crippen LogP contribution is -2.29. The molecular weight excluding hydrogens is 436 g/mol. The highest BCUT2D eigenvalue weighted by atomic mass is 35.5. The minimum atomic E-state index is -1.53. The molecule has 1 N–H and O–H groups in total. The fourth-order valence-corrected chi connectivity index (χ4v) is 4.34. The number of Topliss-reactive ketones (excluding diaryl/α,β-unsaturated/α-hetero) is 1. The molecule has 1 aliphatic carbocycles. The Bertz CT molecular complexity index is 1420. The van der Waals surface area contributed by atoms with Crippen molar-refractivity contribution in [2.24, 2.45) is 5.92 Å². The molecule has 0 bridgehead atoms. The summed E-state index contributed by atoms with van der Waals surface area (Å²) in [7, 11) is 0. The first-order chi connectivity index (χ1) is 16.1. The van der Waals surface area contributed by atoms with Gasteiger partial charge in [-0.1, -0.05) is 60.1 Å². The zero-order valence-electron chi connectivity index (χ0n) is 17.3. The van der Waals surface area contributed by atoms with Crippen LogP contribution in [0, 0.1) is 17.2 Å². The topological polar surface area (TPSA) is 87.8 Å².